The Morgan fingerprint density at radius 3 is 2.73 bits per heavy atom. The summed E-state index contributed by atoms with van der Waals surface area (Å²) in [7, 11) is 0. The molecule has 3 nitrogen and oxygen atoms in total. The van der Waals surface area contributed by atoms with Crippen LogP contribution in [0.15, 0.2) is 30.3 Å². The SMILES string of the molecule is O=C1C[C@H]2CO[C@@H](c3ccccc3)[C@@H]1O2. The molecule has 3 atom stereocenters. The Morgan fingerprint density at radius 1 is 1.13 bits per heavy atom. The average Bonchev–Trinajstić information content (AvgIpc) is 2.57. The fourth-order valence-corrected chi connectivity index (χ4v) is 2.22. The molecule has 2 aliphatic heterocycles. The molecule has 1 aromatic rings. The number of ether oxygens (including phenoxy) is 2. The van der Waals surface area contributed by atoms with Gasteiger partial charge in [0.15, 0.2) is 5.78 Å². The zero-order valence-corrected chi connectivity index (χ0v) is 8.26. The van der Waals surface area contributed by atoms with Crippen molar-refractivity contribution in [1.29, 1.82) is 0 Å². The second kappa shape index (κ2) is 3.43. The highest BCUT2D eigenvalue weighted by Gasteiger charge is 2.44. The molecule has 0 aliphatic carbocycles. The van der Waals surface area contributed by atoms with Gasteiger partial charge in [-0.1, -0.05) is 30.3 Å². The van der Waals surface area contributed by atoms with E-state index in [1.165, 1.54) is 0 Å². The third kappa shape index (κ3) is 1.48. The average molecular weight is 204 g/mol. The van der Waals surface area contributed by atoms with Gasteiger partial charge in [0.25, 0.3) is 0 Å². The molecule has 2 aliphatic rings. The van der Waals surface area contributed by atoms with Gasteiger partial charge in [-0.05, 0) is 5.56 Å². The minimum absolute atomic E-state index is 0.0116. The molecule has 2 fully saturated rings. The molecular weight excluding hydrogens is 192 g/mol. The number of benzene rings is 1. The van der Waals surface area contributed by atoms with E-state index >= 15 is 0 Å². The molecule has 1 aromatic carbocycles. The first-order valence-electron chi connectivity index (χ1n) is 5.19. The summed E-state index contributed by atoms with van der Waals surface area (Å²) in [5.74, 6) is 0.173. The van der Waals surface area contributed by atoms with Crippen LogP contribution < -0.4 is 0 Å². The molecule has 3 heteroatoms. The summed E-state index contributed by atoms with van der Waals surface area (Å²) in [5, 5.41) is 0. The molecule has 2 bridgehead atoms. The Labute approximate surface area is 88.0 Å². The van der Waals surface area contributed by atoms with Gasteiger partial charge < -0.3 is 9.47 Å². The third-order valence-corrected chi connectivity index (χ3v) is 2.95. The van der Waals surface area contributed by atoms with Gasteiger partial charge in [-0.25, -0.2) is 0 Å². The molecule has 0 radical (unpaired) electrons. The molecule has 0 N–H and O–H groups in total. The summed E-state index contributed by atoms with van der Waals surface area (Å²) >= 11 is 0. The van der Waals surface area contributed by atoms with E-state index in [0.717, 1.165) is 5.56 Å². The summed E-state index contributed by atoms with van der Waals surface area (Å²) in [6.07, 6.45) is -0.0976. The highest BCUT2D eigenvalue weighted by molar-refractivity contribution is 5.86. The maximum Gasteiger partial charge on any atom is 0.167 e. The van der Waals surface area contributed by atoms with E-state index in [4.69, 9.17) is 9.47 Å². The third-order valence-electron chi connectivity index (χ3n) is 2.95. The van der Waals surface area contributed by atoms with Crippen LogP contribution >= 0.6 is 0 Å². The zero-order chi connectivity index (χ0) is 10.3. The Morgan fingerprint density at radius 2 is 1.93 bits per heavy atom. The molecule has 2 heterocycles. The van der Waals surface area contributed by atoms with Gasteiger partial charge in [-0.3, -0.25) is 4.79 Å². The Kier molecular flexibility index (Phi) is 2.08. The molecule has 2 saturated heterocycles. The lowest BCUT2D eigenvalue weighted by Crippen LogP contribution is -2.33. The van der Waals surface area contributed by atoms with Crippen LogP contribution in [-0.2, 0) is 14.3 Å². The molecule has 0 amide bonds. The molecule has 3 rings (SSSR count). The summed E-state index contributed by atoms with van der Waals surface area (Å²) in [4.78, 5) is 11.6. The van der Waals surface area contributed by atoms with Crippen molar-refractivity contribution in [3.63, 3.8) is 0 Å². The maximum absolute atomic E-state index is 11.6. The molecule has 78 valence electrons. The van der Waals surface area contributed by atoms with Crippen molar-refractivity contribution < 1.29 is 14.3 Å². The van der Waals surface area contributed by atoms with Crippen LogP contribution in [0, 0.1) is 0 Å². The number of Topliss-reactive ketones (excluding diaryl/α,β-unsaturated/α-hetero) is 1. The second-order valence-corrected chi connectivity index (χ2v) is 4.01. The number of hydrogen-bond donors (Lipinski definition) is 0. The number of hydrogen-bond acceptors (Lipinski definition) is 3. The van der Waals surface area contributed by atoms with E-state index < -0.39 is 0 Å². The van der Waals surface area contributed by atoms with Gasteiger partial charge in [0.05, 0.1) is 12.7 Å². The number of carbonyl (C=O) groups is 1. The summed E-state index contributed by atoms with van der Waals surface area (Å²) < 4.78 is 11.3. The largest absolute Gasteiger partial charge is 0.368 e. The van der Waals surface area contributed by atoms with E-state index in [1.54, 1.807) is 0 Å². The maximum atomic E-state index is 11.6. The number of rotatable bonds is 1. The fraction of sp³-hybridized carbons (Fsp3) is 0.417. The number of ketones is 1. The van der Waals surface area contributed by atoms with Crippen molar-refractivity contribution in [3.05, 3.63) is 35.9 Å². The van der Waals surface area contributed by atoms with Crippen molar-refractivity contribution >= 4 is 5.78 Å². The van der Waals surface area contributed by atoms with E-state index in [-0.39, 0.29) is 24.1 Å². The predicted molar refractivity (Wildman–Crippen MR) is 53.4 cm³/mol. The molecule has 0 spiro atoms. The van der Waals surface area contributed by atoms with Crippen LogP contribution in [0.3, 0.4) is 0 Å². The summed E-state index contributed by atoms with van der Waals surface area (Å²) in [6, 6.07) is 9.79. The Hall–Kier alpha value is -1.19. The van der Waals surface area contributed by atoms with E-state index in [1.807, 2.05) is 30.3 Å². The van der Waals surface area contributed by atoms with Crippen molar-refractivity contribution in [1.82, 2.24) is 0 Å². The molecule has 15 heavy (non-hydrogen) atoms. The van der Waals surface area contributed by atoms with Gasteiger partial charge in [-0.2, -0.15) is 0 Å². The molecule has 0 unspecified atom stereocenters. The van der Waals surface area contributed by atoms with Gasteiger partial charge in [0.2, 0.25) is 0 Å². The first-order valence-corrected chi connectivity index (χ1v) is 5.19. The Bertz CT molecular complexity index is 374. The van der Waals surface area contributed by atoms with Crippen molar-refractivity contribution in [2.75, 3.05) is 6.61 Å². The lowest BCUT2D eigenvalue weighted by molar-refractivity contribution is -0.158. The molecular formula is C12H12O3. The minimum atomic E-state index is -0.383. The van der Waals surface area contributed by atoms with Crippen LogP contribution in [0.4, 0.5) is 0 Å². The standard InChI is InChI=1S/C12H12O3/c13-10-6-9-7-14-11(12(10)15-9)8-4-2-1-3-5-8/h1-5,9,11-12H,6-7H2/t9-,11-,12+/m0/s1. The summed E-state index contributed by atoms with van der Waals surface area (Å²) in [6.45, 7) is 0.530. The van der Waals surface area contributed by atoms with Gasteiger partial charge in [-0.15, -0.1) is 0 Å². The van der Waals surface area contributed by atoms with Crippen LogP contribution in [0.25, 0.3) is 0 Å². The topological polar surface area (TPSA) is 35.5 Å². The van der Waals surface area contributed by atoms with Crippen LogP contribution in [0.5, 0.6) is 0 Å². The van der Waals surface area contributed by atoms with Crippen molar-refractivity contribution in [2.45, 2.75) is 24.7 Å². The lowest BCUT2D eigenvalue weighted by atomic mass is 10.0. The highest BCUT2D eigenvalue weighted by atomic mass is 16.6. The normalized spacial score (nSPS) is 34.4. The predicted octanol–water partition coefficient (Wildman–Crippen LogP) is 1.48. The first-order chi connectivity index (χ1) is 7.34. The fourth-order valence-electron chi connectivity index (χ4n) is 2.22. The van der Waals surface area contributed by atoms with Crippen molar-refractivity contribution in [2.24, 2.45) is 0 Å². The molecule has 0 aromatic heterocycles. The smallest absolute Gasteiger partial charge is 0.167 e. The van der Waals surface area contributed by atoms with E-state index in [0.29, 0.717) is 13.0 Å². The lowest BCUT2D eigenvalue weighted by Gasteiger charge is -2.28. The first kappa shape index (κ1) is 9.07. The Balaban J connectivity index is 1.91. The van der Waals surface area contributed by atoms with Crippen LogP contribution in [-0.4, -0.2) is 24.6 Å². The minimum Gasteiger partial charge on any atom is -0.368 e. The quantitative estimate of drug-likeness (QED) is 0.695. The van der Waals surface area contributed by atoms with Crippen LogP contribution in [0.1, 0.15) is 18.1 Å². The van der Waals surface area contributed by atoms with Crippen LogP contribution in [0.2, 0.25) is 0 Å². The van der Waals surface area contributed by atoms with Gasteiger partial charge in [0.1, 0.15) is 12.2 Å². The van der Waals surface area contributed by atoms with E-state index in [2.05, 4.69) is 0 Å². The molecule has 0 saturated carbocycles. The second-order valence-electron chi connectivity index (χ2n) is 4.01. The van der Waals surface area contributed by atoms with Gasteiger partial charge in [0, 0.05) is 6.42 Å². The van der Waals surface area contributed by atoms with E-state index in [9.17, 15) is 4.79 Å². The number of fused-ring (bicyclic) bond motifs is 2. The highest BCUT2D eigenvalue weighted by Crippen LogP contribution is 2.35. The number of carbonyl (C=O) groups excluding carboxylic acids is 1. The monoisotopic (exact) mass is 204 g/mol. The summed E-state index contributed by atoms with van der Waals surface area (Å²) in [5.41, 5.74) is 1.02. The zero-order valence-electron chi connectivity index (χ0n) is 8.26. The van der Waals surface area contributed by atoms with Gasteiger partial charge >= 0.3 is 0 Å². The van der Waals surface area contributed by atoms with Crippen molar-refractivity contribution in [3.8, 4) is 0 Å².